The molecule has 5 heteroatoms. The Hall–Kier alpha value is -1.39. The van der Waals surface area contributed by atoms with Crippen molar-refractivity contribution in [2.45, 2.75) is 13.3 Å². The van der Waals surface area contributed by atoms with E-state index < -0.39 is 0 Å². The summed E-state index contributed by atoms with van der Waals surface area (Å²) >= 11 is 9.37. The molecule has 0 aliphatic rings. The number of halogens is 3. The van der Waals surface area contributed by atoms with E-state index in [0.717, 1.165) is 27.1 Å². The minimum atomic E-state index is -0.310. The second-order valence-electron chi connectivity index (χ2n) is 4.84. The number of rotatable bonds is 3. The van der Waals surface area contributed by atoms with Gasteiger partial charge in [0.25, 0.3) is 0 Å². The zero-order valence-corrected chi connectivity index (χ0v) is 13.7. The molecule has 0 amide bonds. The number of hydrogen-bond acceptors (Lipinski definition) is 1. The number of para-hydroxylation sites is 1. The number of imidazole rings is 1. The summed E-state index contributed by atoms with van der Waals surface area (Å²) in [5, 5.41) is 0. The van der Waals surface area contributed by atoms with Crippen molar-refractivity contribution in [2.24, 2.45) is 0 Å². The average molecular weight is 368 g/mol. The fraction of sp³-hybridized carbons (Fsp3) is 0.188. The van der Waals surface area contributed by atoms with E-state index in [1.165, 1.54) is 6.07 Å². The molecule has 3 aromatic rings. The third-order valence-corrected chi connectivity index (χ3v) is 4.12. The average Bonchev–Trinajstić information content (AvgIpc) is 2.82. The third kappa shape index (κ3) is 2.58. The fourth-order valence-corrected chi connectivity index (χ4v) is 2.98. The maximum Gasteiger partial charge on any atom is 0.151 e. The number of benzene rings is 2. The van der Waals surface area contributed by atoms with Gasteiger partial charge in [0.15, 0.2) is 5.82 Å². The van der Waals surface area contributed by atoms with Gasteiger partial charge in [-0.2, -0.15) is 0 Å². The van der Waals surface area contributed by atoms with E-state index in [1.807, 2.05) is 35.8 Å². The van der Waals surface area contributed by atoms with Gasteiger partial charge in [0.05, 0.1) is 11.2 Å². The predicted octanol–water partition coefficient (Wildman–Crippen LogP) is 5.02. The summed E-state index contributed by atoms with van der Waals surface area (Å²) in [6.07, 6.45) is 0.585. The Labute approximate surface area is 135 Å². The van der Waals surface area contributed by atoms with E-state index in [4.69, 9.17) is 11.6 Å². The first kappa shape index (κ1) is 14.5. The SMILES string of the molecule is Cc1ccc(Br)cc1-n1c(CCCl)nc2c(F)cccc21. The third-order valence-electron chi connectivity index (χ3n) is 3.44. The Kier molecular flexibility index (Phi) is 4.00. The Morgan fingerprint density at radius 1 is 1.29 bits per heavy atom. The summed E-state index contributed by atoms with van der Waals surface area (Å²) in [7, 11) is 0. The fourth-order valence-electron chi connectivity index (χ4n) is 2.46. The van der Waals surface area contributed by atoms with Crippen LogP contribution in [0.5, 0.6) is 0 Å². The van der Waals surface area contributed by atoms with Gasteiger partial charge >= 0.3 is 0 Å². The summed E-state index contributed by atoms with van der Waals surface area (Å²) < 4.78 is 17.0. The van der Waals surface area contributed by atoms with Crippen molar-refractivity contribution in [1.29, 1.82) is 0 Å². The van der Waals surface area contributed by atoms with Gasteiger partial charge < -0.3 is 0 Å². The maximum absolute atomic E-state index is 14.0. The van der Waals surface area contributed by atoms with E-state index >= 15 is 0 Å². The van der Waals surface area contributed by atoms with Crippen LogP contribution in [0, 0.1) is 12.7 Å². The summed E-state index contributed by atoms with van der Waals surface area (Å²) in [4.78, 5) is 4.44. The second kappa shape index (κ2) is 5.78. The lowest BCUT2D eigenvalue weighted by Crippen LogP contribution is -2.04. The molecule has 0 spiro atoms. The maximum atomic E-state index is 14.0. The van der Waals surface area contributed by atoms with Crippen LogP contribution in [0.4, 0.5) is 4.39 Å². The normalized spacial score (nSPS) is 11.2. The van der Waals surface area contributed by atoms with Crippen LogP contribution in [0.2, 0.25) is 0 Å². The first-order valence-electron chi connectivity index (χ1n) is 6.60. The standard InChI is InChI=1S/C16H13BrClFN2/c1-10-5-6-11(17)9-14(10)21-13-4-2-3-12(19)16(13)20-15(21)7-8-18/h2-6,9H,7-8H2,1H3. The van der Waals surface area contributed by atoms with Crippen molar-refractivity contribution in [1.82, 2.24) is 9.55 Å². The van der Waals surface area contributed by atoms with Crippen LogP contribution in [0.3, 0.4) is 0 Å². The molecule has 0 saturated carbocycles. The van der Waals surface area contributed by atoms with Crippen LogP contribution in [-0.2, 0) is 6.42 Å². The van der Waals surface area contributed by atoms with Crippen LogP contribution in [0.25, 0.3) is 16.7 Å². The number of nitrogens with zero attached hydrogens (tertiary/aromatic N) is 2. The second-order valence-corrected chi connectivity index (χ2v) is 6.13. The van der Waals surface area contributed by atoms with Crippen molar-refractivity contribution in [3.05, 3.63) is 58.1 Å². The minimum Gasteiger partial charge on any atom is -0.296 e. The summed E-state index contributed by atoms with van der Waals surface area (Å²) in [5.74, 6) is 0.902. The first-order chi connectivity index (χ1) is 10.1. The van der Waals surface area contributed by atoms with Crippen LogP contribution in [-0.4, -0.2) is 15.4 Å². The molecule has 21 heavy (non-hydrogen) atoms. The van der Waals surface area contributed by atoms with Gasteiger partial charge in [-0.1, -0.05) is 28.1 Å². The minimum absolute atomic E-state index is 0.310. The highest BCUT2D eigenvalue weighted by molar-refractivity contribution is 9.10. The highest BCUT2D eigenvalue weighted by atomic mass is 79.9. The summed E-state index contributed by atoms with van der Waals surface area (Å²) in [6.45, 7) is 2.03. The van der Waals surface area contributed by atoms with Gasteiger partial charge in [0.2, 0.25) is 0 Å². The first-order valence-corrected chi connectivity index (χ1v) is 7.93. The van der Waals surface area contributed by atoms with Gasteiger partial charge in [0, 0.05) is 16.8 Å². The predicted molar refractivity (Wildman–Crippen MR) is 87.9 cm³/mol. The Morgan fingerprint density at radius 2 is 2.10 bits per heavy atom. The molecule has 2 aromatic carbocycles. The number of aryl methyl sites for hydroxylation is 2. The van der Waals surface area contributed by atoms with E-state index in [9.17, 15) is 4.39 Å². The van der Waals surface area contributed by atoms with Crippen molar-refractivity contribution in [2.75, 3.05) is 5.88 Å². The molecular formula is C16H13BrClFN2. The molecule has 0 radical (unpaired) electrons. The molecular weight excluding hydrogens is 355 g/mol. The van der Waals surface area contributed by atoms with Crippen molar-refractivity contribution < 1.29 is 4.39 Å². The van der Waals surface area contributed by atoms with Gasteiger partial charge in [-0.25, -0.2) is 9.37 Å². The van der Waals surface area contributed by atoms with Crippen molar-refractivity contribution >= 4 is 38.6 Å². The van der Waals surface area contributed by atoms with E-state index in [2.05, 4.69) is 20.9 Å². The molecule has 0 atom stereocenters. The highest BCUT2D eigenvalue weighted by Crippen LogP contribution is 2.27. The smallest absolute Gasteiger partial charge is 0.151 e. The molecule has 0 unspecified atom stereocenters. The molecule has 0 aliphatic heterocycles. The number of alkyl halides is 1. The molecule has 3 rings (SSSR count). The topological polar surface area (TPSA) is 17.8 Å². The van der Waals surface area contributed by atoms with E-state index in [1.54, 1.807) is 6.07 Å². The van der Waals surface area contributed by atoms with Crippen LogP contribution in [0.15, 0.2) is 40.9 Å². The largest absolute Gasteiger partial charge is 0.296 e. The Morgan fingerprint density at radius 3 is 2.86 bits per heavy atom. The van der Waals surface area contributed by atoms with Crippen LogP contribution < -0.4 is 0 Å². The van der Waals surface area contributed by atoms with Gasteiger partial charge in [-0.3, -0.25) is 4.57 Å². The molecule has 0 saturated heterocycles. The zero-order valence-electron chi connectivity index (χ0n) is 11.4. The van der Waals surface area contributed by atoms with Gasteiger partial charge in [0.1, 0.15) is 11.3 Å². The molecule has 0 bridgehead atoms. The summed E-state index contributed by atoms with van der Waals surface area (Å²) in [6, 6.07) is 11.0. The number of aromatic nitrogens is 2. The van der Waals surface area contributed by atoms with E-state index in [-0.39, 0.29) is 5.82 Å². The molecule has 1 aromatic heterocycles. The molecule has 1 heterocycles. The van der Waals surface area contributed by atoms with Crippen molar-refractivity contribution in [3.63, 3.8) is 0 Å². The lowest BCUT2D eigenvalue weighted by atomic mass is 10.2. The van der Waals surface area contributed by atoms with E-state index in [0.29, 0.717) is 17.8 Å². The molecule has 108 valence electrons. The zero-order chi connectivity index (χ0) is 15.0. The molecule has 0 aliphatic carbocycles. The monoisotopic (exact) mass is 366 g/mol. The number of fused-ring (bicyclic) bond motifs is 1. The Bertz CT molecular complexity index is 813. The molecule has 0 N–H and O–H groups in total. The van der Waals surface area contributed by atoms with Crippen LogP contribution >= 0.6 is 27.5 Å². The quantitative estimate of drug-likeness (QED) is 0.595. The lowest BCUT2D eigenvalue weighted by Gasteiger charge is -2.12. The Balaban J connectivity index is 2.36. The van der Waals surface area contributed by atoms with Crippen molar-refractivity contribution in [3.8, 4) is 5.69 Å². The van der Waals surface area contributed by atoms with Crippen LogP contribution in [0.1, 0.15) is 11.4 Å². The highest BCUT2D eigenvalue weighted by Gasteiger charge is 2.16. The number of hydrogen-bond donors (Lipinski definition) is 0. The molecule has 2 nitrogen and oxygen atoms in total. The van der Waals surface area contributed by atoms with Gasteiger partial charge in [-0.15, -0.1) is 11.6 Å². The molecule has 0 fully saturated rings. The lowest BCUT2D eigenvalue weighted by molar-refractivity contribution is 0.637. The van der Waals surface area contributed by atoms with Gasteiger partial charge in [-0.05, 0) is 36.8 Å². The summed E-state index contributed by atoms with van der Waals surface area (Å²) in [5.41, 5.74) is 3.23.